The van der Waals surface area contributed by atoms with E-state index in [1.807, 2.05) is 31.2 Å². The zero-order chi connectivity index (χ0) is 18.0. The van der Waals surface area contributed by atoms with Gasteiger partial charge in [0.2, 0.25) is 0 Å². The number of carbonyl (C=O) groups is 1. The molecule has 0 unspecified atom stereocenters. The van der Waals surface area contributed by atoms with Crippen LogP contribution in [-0.2, 0) is 16.4 Å². The highest BCUT2D eigenvalue weighted by atomic mass is 32.2. The second-order valence-electron chi connectivity index (χ2n) is 6.08. The highest BCUT2D eigenvalue weighted by Crippen LogP contribution is 2.18. The SMILES string of the molecule is Cc1ccc(OCc2occc2C(=O)N[C@@H]2CS(=O)(=O)C[C@H]2O)cc1. The Labute approximate surface area is 145 Å². The van der Waals surface area contributed by atoms with Gasteiger partial charge in [-0.1, -0.05) is 17.7 Å². The van der Waals surface area contributed by atoms with E-state index in [4.69, 9.17) is 9.15 Å². The summed E-state index contributed by atoms with van der Waals surface area (Å²) in [6.45, 7) is 2.03. The third kappa shape index (κ3) is 4.21. The van der Waals surface area contributed by atoms with Gasteiger partial charge >= 0.3 is 0 Å². The molecule has 1 aliphatic rings. The van der Waals surface area contributed by atoms with Gasteiger partial charge in [-0.3, -0.25) is 4.79 Å². The summed E-state index contributed by atoms with van der Waals surface area (Å²) in [6, 6.07) is 8.12. The number of amides is 1. The number of hydrogen-bond acceptors (Lipinski definition) is 6. The van der Waals surface area contributed by atoms with Gasteiger partial charge in [0.25, 0.3) is 5.91 Å². The van der Waals surface area contributed by atoms with Crippen molar-refractivity contribution in [1.82, 2.24) is 5.32 Å². The Bertz CT molecular complexity index is 856. The molecule has 7 nitrogen and oxygen atoms in total. The number of benzene rings is 1. The summed E-state index contributed by atoms with van der Waals surface area (Å²) in [4.78, 5) is 12.4. The molecule has 2 atom stereocenters. The van der Waals surface area contributed by atoms with Crippen molar-refractivity contribution in [3.63, 3.8) is 0 Å². The van der Waals surface area contributed by atoms with Crippen LogP contribution < -0.4 is 10.1 Å². The lowest BCUT2D eigenvalue weighted by Gasteiger charge is -2.14. The molecule has 1 aliphatic heterocycles. The predicted molar refractivity (Wildman–Crippen MR) is 90.1 cm³/mol. The van der Waals surface area contributed by atoms with E-state index in [0.717, 1.165) is 5.56 Å². The first-order valence-electron chi connectivity index (χ1n) is 7.79. The van der Waals surface area contributed by atoms with Crippen molar-refractivity contribution < 1.29 is 27.5 Å². The highest BCUT2D eigenvalue weighted by molar-refractivity contribution is 7.91. The Morgan fingerprint density at radius 2 is 2.00 bits per heavy atom. The van der Waals surface area contributed by atoms with Gasteiger partial charge in [-0.2, -0.15) is 0 Å². The smallest absolute Gasteiger partial charge is 0.255 e. The van der Waals surface area contributed by atoms with Gasteiger partial charge in [-0.25, -0.2) is 8.42 Å². The quantitative estimate of drug-likeness (QED) is 0.821. The minimum absolute atomic E-state index is 0.0599. The van der Waals surface area contributed by atoms with E-state index in [-0.39, 0.29) is 23.7 Å². The van der Waals surface area contributed by atoms with Crippen molar-refractivity contribution in [1.29, 1.82) is 0 Å². The number of sulfone groups is 1. The van der Waals surface area contributed by atoms with E-state index in [0.29, 0.717) is 11.5 Å². The third-order valence-electron chi connectivity index (χ3n) is 4.02. The largest absolute Gasteiger partial charge is 0.486 e. The minimum atomic E-state index is -3.33. The van der Waals surface area contributed by atoms with Crippen LogP contribution in [0.25, 0.3) is 0 Å². The van der Waals surface area contributed by atoms with Crippen molar-refractivity contribution >= 4 is 15.7 Å². The molecule has 3 rings (SSSR count). The molecule has 0 saturated carbocycles. The van der Waals surface area contributed by atoms with Crippen LogP contribution in [0.4, 0.5) is 0 Å². The van der Waals surface area contributed by atoms with Crippen LogP contribution in [0.15, 0.2) is 41.0 Å². The van der Waals surface area contributed by atoms with Crippen molar-refractivity contribution in [2.24, 2.45) is 0 Å². The molecule has 1 aromatic heterocycles. The summed E-state index contributed by atoms with van der Waals surface area (Å²) in [5.74, 6) is -0.142. The molecule has 2 aromatic rings. The monoisotopic (exact) mass is 365 g/mol. The molecule has 1 aromatic carbocycles. The summed E-state index contributed by atoms with van der Waals surface area (Å²) in [6.07, 6.45) is 0.262. The summed E-state index contributed by atoms with van der Waals surface area (Å²) in [5.41, 5.74) is 1.36. The van der Waals surface area contributed by atoms with Crippen LogP contribution in [0.2, 0.25) is 0 Å². The highest BCUT2D eigenvalue weighted by Gasteiger charge is 2.37. The Balaban J connectivity index is 1.64. The Morgan fingerprint density at radius 3 is 2.64 bits per heavy atom. The minimum Gasteiger partial charge on any atom is -0.486 e. The van der Waals surface area contributed by atoms with Crippen LogP contribution in [0.1, 0.15) is 21.7 Å². The molecule has 2 N–H and O–H groups in total. The zero-order valence-corrected chi connectivity index (χ0v) is 14.5. The molecule has 1 saturated heterocycles. The molecular formula is C17H19NO6S. The Kier molecular flexibility index (Phi) is 4.82. The first kappa shape index (κ1) is 17.5. The molecular weight excluding hydrogens is 346 g/mol. The van der Waals surface area contributed by atoms with Gasteiger partial charge in [0.15, 0.2) is 15.6 Å². The molecule has 0 spiro atoms. The Morgan fingerprint density at radius 1 is 1.28 bits per heavy atom. The van der Waals surface area contributed by atoms with E-state index < -0.39 is 27.9 Å². The average Bonchev–Trinajstić information content (AvgIpc) is 3.10. The van der Waals surface area contributed by atoms with Crippen molar-refractivity contribution in [2.45, 2.75) is 25.7 Å². The molecule has 0 bridgehead atoms. The second kappa shape index (κ2) is 6.89. The number of furan rings is 1. The number of ether oxygens (including phenoxy) is 1. The zero-order valence-electron chi connectivity index (χ0n) is 13.6. The van der Waals surface area contributed by atoms with Crippen LogP contribution in [0, 0.1) is 6.92 Å². The number of aryl methyl sites for hydroxylation is 1. The van der Waals surface area contributed by atoms with Crippen molar-refractivity contribution in [3.8, 4) is 5.75 Å². The molecule has 0 aliphatic carbocycles. The van der Waals surface area contributed by atoms with Crippen LogP contribution in [0.3, 0.4) is 0 Å². The van der Waals surface area contributed by atoms with E-state index in [1.165, 1.54) is 12.3 Å². The van der Waals surface area contributed by atoms with Crippen LogP contribution >= 0.6 is 0 Å². The molecule has 25 heavy (non-hydrogen) atoms. The number of hydrogen-bond donors (Lipinski definition) is 2. The maximum Gasteiger partial charge on any atom is 0.255 e. The van der Waals surface area contributed by atoms with Gasteiger partial charge in [0.1, 0.15) is 12.4 Å². The van der Waals surface area contributed by atoms with Crippen molar-refractivity contribution in [3.05, 3.63) is 53.5 Å². The van der Waals surface area contributed by atoms with Crippen molar-refractivity contribution in [2.75, 3.05) is 11.5 Å². The number of rotatable bonds is 5. The molecule has 2 heterocycles. The normalized spacial score (nSPS) is 21.8. The molecule has 1 fully saturated rings. The number of nitrogens with one attached hydrogen (secondary N) is 1. The van der Waals surface area contributed by atoms with E-state index >= 15 is 0 Å². The summed E-state index contributed by atoms with van der Waals surface area (Å²) >= 11 is 0. The predicted octanol–water partition coefficient (Wildman–Crippen LogP) is 1.05. The van der Waals surface area contributed by atoms with E-state index in [1.54, 1.807) is 0 Å². The lowest BCUT2D eigenvalue weighted by atomic mass is 10.2. The topological polar surface area (TPSA) is 106 Å². The molecule has 134 valence electrons. The average molecular weight is 365 g/mol. The van der Waals surface area contributed by atoms with Gasteiger partial charge in [0.05, 0.1) is 35.5 Å². The molecule has 0 radical (unpaired) electrons. The fraction of sp³-hybridized carbons (Fsp3) is 0.353. The standard InChI is InChI=1S/C17H19NO6S/c1-11-2-4-12(5-3-11)24-8-16-13(6-7-23-16)17(20)18-14-9-25(21,22)10-15(14)19/h2-7,14-15,19H,8-10H2,1H3,(H,18,20)/t14-,15-/m1/s1. The van der Waals surface area contributed by atoms with Gasteiger partial charge in [0, 0.05) is 0 Å². The fourth-order valence-electron chi connectivity index (χ4n) is 2.65. The third-order valence-corrected chi connectivity index (χ3v) is 5.74. The lowest BCUT2D eigenvalue weighted by molar-refractivity contribution is 0.0884. The number of aliphatic hydroxyl groups is 1. The first-order chi connectivity index (χ1) is 11.8. The maximum atomic E-state index is 12.4. The van der Waals surface area contributed by atoms with Crippen LogP contribution in [-0.4, -0.2) is 43.1 Å². The Hall–Kier alpha value is -2.32. The van der Waals surface area contributed by atoms with Gasteiger partial charge in [-0.05, 0) is 25.1 Å². The van der Waals surface area contributed by atoms with Gasteiger partial charge in [-0.15, -0.1) is 0 Å². The summed E-state index contributed by atoms with van der Waals surface area (Å²) < 4.78 is 33.9. The summed E-state index contributed by atoms with van der Waals surface area (Å²) in [7, 11) is -3.33. The van der Waals surface area contributed by atoms with E-state index in [2.05, 4.69) is 5.32 Å². The molecule has 1 amide bonds. The number of carbonyl (C=O) groups excluding carboxylic acids is 1. The fourth-order valence-corrected chi connectivity index (χ4v) is 4.39. The lowest BCUT2D eigenvalue weighted by Crippen LogP contribution is -2.42. The second-order valence-corrected chi connectivity index (χ2v) is 8.24. The van der Waals surface area contributed by atoms with Gasteiger partial charge < -0.3 is 19.6 Å². The number of aliphatic hydroxyl groups excluding tert-OH is 1. The molecule has 8 heteroatoms. The first-order valence-corrected chi connectivity index (χ1v) is 9.61. The summed E-state index contributed by atoms with van der Waals surface area (Å²) in [5, 5.41) is 12.3. The maximum absolute atomic E-state index is 12.4. The van der Waals surface area contributed by atoms with E-state index in [9.17, 15) is 18.3 Å². The van der Waals surface area contributed by atoms with Crippen LogP contribution in [0.5, 0.6) is 5.75 Å².